The minimum Gasteiger partial charge on any atom is -0.391 e. The monoisotopic (exact) mass is 187 g/mol. The van der Waals surface area contributed by atoms with Crippen molar-refractivity contribution in [2.24, 2.45) is 0 Å². The molecule has 3 heteroatoms. The second kappa shape index (κ2) is 6.35. The van der Waals surface area contributed by atoms with Gasteiger partial charge in [-0.2, -0.15) is 0 Å². The van der Waals surface area contributed by atoms with E-state index in [1.807, 2.05) is 0 Å². The molecule has 1 fully saturated rings. The Morgan fingerprint density at radius 1 is 1.46 bits per heavy atom. The van der Waals surface area contributed by atoms with Gasteiger partial charge in [0.2, 0.25) is 0 Å². The van der Waals surface area contributed by atoms with Crippen molar-refractivity contribution < 1.29 is 9.84 Å². The van der Waals surface area contributed by atoms with E-state index in [0.717, 1.165) is 13.0 Å². The highest BCUT2D eigenvalue weighted by atomic mass is 16.5. The van der Waals surface area contributed by atoms with Gasteiger partial charge < -0.3 is 15.2 Å². The minimum absolute atomic E-state index is 0.307. The zero-order valence-electron chi connectivity index (χ0n) is 8.46. The Kier molecular flexibility index (Phi) is 5.35. The first-order valence-electron chi connectivity index (χ1n) is 5.23. The van der Waals surface area contributed by atoms with Crippen LogP contribution in [0.15, 0.2) is 0 Å². The number of hydrogen-bond donors (Lipinski definition) is 2. The molecule has 1 saturated carbocycles. The van der Waals surface area contributed by atoms with Crippen LogP contribution in [0.5, 0.6) is 0 Å². The van der Waals surface area contributed by atoms with Gasteiger partial charge in [0.05, 0.1) is 12.7 Å². The van der Waals surface area contributed by atoms with Crippen LogP contribution in [-0.4, -0.2) is 37.5 Å². The van der Waals surface area contributed by atoms with E-state index in [1.165, 1.54) is 25.7 Å². The van der Waals surface area contributed by atoms with Crippen LogP contribution in [0.3, 0.4) is 0 Å². The number of ether oxygens (including phenoxy) is 1. The molecule has 1 rings (SSSR count). The number of nitrogens with one attached hydrogen (secondary N) is 1. The number of aliphatic hydroxyl groups excluding tert-OH is 1. The lowest BCUT2D eigenvalue weighted by molar-refractivity contribution is 0.0590. The van der Waals surface area contributed by atoms with Crippen molar-refractivity contribution >= 4 is 0 Å². The summed E-state index contributed by atoms with van der Waals surface area (Å²) in [6, 6.07) is 0.703. The van der Waals surface area contributed by atoms with Gasteiger partial charge in [0.15, 0.2) is 0 Å². The van der Waals surface area contributed by atoms with Crippen LogP contribution in [0.4, 0.5) is 0 Å². The molecule has 0 aliphatic heterocycles. The van der Waals surface area contributed by atoms with E-state index in [2.05, 4.69) is 5.32 Å². The van der Waals surface area contributed by atoms with E-state index >= 15 is 0 Å². The van der Waals surface area contributed by atoms with Crippen LogP contribution < -0.4 is 5.32 Å². The lowest BCUT2D eigenvalue weighted by Gasteiger charge is -2.13. The van der Waals surface area contributed by atoms with Crippen molar-refractivity contribution in [3.8, 4) is 0 Å². The first kappa shape index (κ1) is 11.0. The highest BCUT2D eigenvalue weighted by Crippen LogP contribution is 2.17. The van der Waals surface area contributed by atoms with Crippen LogP contribution in [0.1, 0.15) is 32.1 Å². The predicted molar refractivity (Wildman–Crippen MR) is 52.8 cm³/mol. The summed E-state index contributed by atoms with van der Waals surface area (Å²) in [5.41, 5.74) is 0. The Morgan fingerprint density at radius 2 is 2.15 bits per heavy atom. The number of hydrogen-bond acceptors (Lipinski definition) is 3. The highest BCUT2D eigenvalue weighted by molar-refractivity contribution is 4.73. The molecule has 0 spiro atoms. The van der Waals surface area contributed by atoms with E-state index in [9.17, 15) is 5.11 Å². The second-order valence-electron chi connectivity index (χ2n) is 3.83. The third-order valence-electron chi connectivity index (χ3n) is 2.62. The second-order valence-corrected chi connectivity index (χ2v) is 3.83. The van der Waals surface area contributed by atoms with Gasteiger partial charge in [-0.1, -0.05) is 12.8 Å². The average molecular weight is 187 g/mol. The van der Waals surface area contributed by atoms with E-state index in [-0.39, 0.29) is 6.10 Å². The molecule has 0 heterocycles. The fourth-order valence-corrected chi connectivity index (χ4v) is 1.86. The number of methoxy groups -OCH3 is 1. The molecular weight excluding hydrogens is 166 g/mol. The first-order valence-corrected chi connectivity index (χ1v) is 5.23. The van der Waals surface area contributed by atoms with E-state index in [0.29, 0.717) is 12.6 Å². The molecule has 2 N–H and O–H groups in total. The van der Waals surface area contributed by atoms with E-state index in [1.54, 1.807) is 7.11 Å². The van der Waals surface area contributed by atoms with Crippen molar-refractivity contribution in [3.05, 3.63) is 0 Å². The molecular formula is C10H21NO2. The van der Waals surface area contributed by atoms with Crippen molar-refractivity contribution in [1.82, 2.24) is 5.32 Å². The lowest BCUT2D eigenvalue weighted by Crippen LogP contribution is -2.30. The molecule has 1 unspecified atom stereocenters. The quantitative estimate of drug-likeness (QED) is 0.649. The van der Waals surface area contributed by atoms with Gasteiger partial charge in [0, 0.05) is 13.2 Å². The summed E-state index contributed by atoms with van der Waals surface area (Å²) in [7, 11) is 1.62. The van der Waals surface area contributed by atoms with Gasteiger partial charge in [-0.3, -0.25) is 0 Å². The summed E-state index contributed by atoms with van der Waals surface area (Å²) in [5, 5.41) is 12.8. The maximum Gasteiger partial charge on any atom is 0.0785 e. The topological polar surface area (TPSA) is 41.5 Å². The van der Waals surface area contributed by atoms with Crippen LogP contribution in [0.2, 0.25) is 0 Å². The van der Waals surface area contributed by atoms with E-state index in [4.69, 9.17) is 4.74 Å². The van der Waals surface area contributed by atoms with Gasteiger partial charge in [-0.25, -0.2) is 0 Å². The Balaban J connectivity index is 1.93. The molecule has 3 nitrogen and oxygen atoms in total. The zero-order chi connectivity index (χ0) is 9.52. The molecule has 0 bridgehead atoms. The molecule has 13 heavy (non-hydrogen) atoms. The minimum atomic E-state index is -0.307. The summed E-state index contributed by atoms with van der Waals surface area (Å²) in [6.07, 6.45) is 5.82. The molecule has 0 radical (unpaired) electrons. The van der Waals surface area contributed by atoms with Gasteiger partial charge in [0.1, 0.15) is 0 Å². The summed E-state index contributed by atoms with van der Waals surface area (Å²) in [5.74, 6) is 0. The van der Waals surface area contributed by atoms with E-state index < -0.39 is 0 Å². The highest BCUT2D eigenvalue weighted by Gasteiger charge is 2.14. The van der Waals surface area contributed by atoms with Crippen molar-refractivity contribution in [2.45, 2.75) is 44.2 Å². The predicted octanol–water partition coefficient (Wildman–Crippen LogP) is 0.916. The number of aliphatic hydroxyl groups is 1. The molecule has 1 atom stereocenters. The Morgan fingerprint density at radius 3 is 2.77 bits per heavy atom. The third kappa shape index (κ3) is 4.60. The summed E-state index contributed by atoms with van der Waals surface area (Å²) < 4.78 is 4.85. The normalized spacial score (nSPS) is 20.8. The molecule has 0 aromatic heterocycles. The maximum absolute atomic E-state index is 9.36. The smallest absolute Gasteiger partial charge is 0.0785 e. The largest absolute Gasteiger partial charge is 0.391 e. The molecule has 78 valence electrons. The Labute approximate surface area is 80.5 Å². The molecule has 0 amide bonds. The van der Waals surface area contributed by atoms with Crippen molar-refractivity contribution in [1.29, 1.82) is 0 Å². The fourth-order valence-electron chi connectivity index (χ4n) is 1.86. The van der Waals surface area contributed by atoms with Gasteiger partial charge in [-0.15, -0.1) is 0 Å². The Bertz CT molecular complexity index is 124. The number of rotatable bonds is 6. The Hall–Kier alpha value is -0.120. The average Bonchev–Trinajstić information content (AvgIpc) is 2.57. The van der Waals surface area contributed by atoms with Gasteiger partial charge in [0.25, 0.3) is 0 Å². The fraction of sp³-hybridized carbons (Fsp3) is 1.00. The molecule has 0 saturated heterocycles. The van der Waals surface area contributed by atoms with Crippen molar-refractivity contribution in [3.63, 3.8) is 0 Å². The summed E-state index contributed by atoms with van der Waals surface area (Å²) in [6.45, 7) is 1.36. The zero-order valence-corrected chi connectivity index (χ0v) is 8.46. The van der Waals surface area contributed by atoms with Gasteiger partial charge in [-0.05, 0) is 25.8 Å². The summed E-state index contributed by atoms with van der Waals surface area (Å²) >= 11 is 0. The van der Waals surface area contributed by atoms with Crippen LogP contribution in [-0.2, 0) is 4.74 Å². The van der Waals surface area contributed by atoms with Crippen LogP contribution in [0, 0.1) is 0 Å². The lowest BCUT2D eigenvalue weighted by atomic mass is 10.2. The standard InChI is InChI=1S/C10H21NO2/c1-13-8-10(12)6-7-11-9-4-2-3-5-9/h9-12H,2-8H2,1H3. The molecule has 0 aromatic carbocycles. The molecule has 1 aliphatic carbocycles. The third-order valence-corrected chi connectivity index (χ3v) is 2.62. The van der Waals surface area contributed by atoms with Gasteiger partial charge >= 0.3 is 0 Å². The summed E-state index contributed by atoms with van der Waals surface area (Å²) in [4.78, 5) is 0. The first-order chi connectivity index (χ1) is 6.33. The molecule has 0 aromatic rings. The maximum atomic E-state index is 9.36. The molecule has 1 aliphatic rings. The van der Waals surface area contributed by atoms with Crippen LogP contribution in [0.25, 0.3) is 0 Å². The van der Waals surface area contributed by atoms with Crippen LogP contribution >= 0.6 is 0 Å². The van der Waals surface area contributed by atoms with Crippen molar-refractivity contribution in [2.75, 3.05) is 20.3 Å². The SMILES string of the molecule is COCC(O)CCNC1CCCC1.